The van der Waals surface area contributed by atoms with Crippen LogP contribution in [-0.2, 0) is 13.1 Å². The van der Waals surface area contributed by atoms with Gasteiger partial charge in [-0.05, 0) is 84.0 Å². The first-order valence-electron chi connectivity index (χ1n) is 13.3. The number of tetrazole rings is 1. The molecule has 6 rings (SSSR count). The molecule has 5 aromatic rings. The number of aromatic nitrogens is 5. The van der Waals surface area contributed by atoms with E-state index in [1.807, 2.05) is 35.9 Å². The van der Waals surface area contributed by atoms with E-state index in [0.717, 1.165) is 53.5 Å². The van der Waals surface area contributed by atoms with E-state index in [1.54, 1.807) is 17.6 Å². The molecule has 4 heterocycles. The van der Waals surface area contributed by atoms with Gasteiger partial charge in [0.05, 0.1) is 18.8 Å². The van der Waals surface area contributed by atoms with Crippen LogP contribution in [0.3, 0.4) is 0 Å². The molecule has 0 bridgehead atoms. The molecule has 4 aromatic heterocycles. The van der Waals surface area contributed by atoms with E-state index in [4.69, 9.17) is 4.42 Å². The summed E-state index contributed by atoms with van der Waals surface area (Å²) in [7, 11) is 0. The van der Waals surface area contributed by atoms with Crippen LogP contribution < -0.4 is 5.56 Å². The second-order valence-electron chi connectivity index (χ2n) is 10.3. The van der Waals surface area contributed by atoms with Crippen molar-refractivity contribution in [1.29, 1.82) is 0 Å². The van der Waals surface area contributed by atoms with E-state index in [9.17, 15) is 4.79 Å². The quantitative estimate of drug-likeness (QED) is 0.262. The van der Waals surface area contributed by atoms with Gasteiger partial charge in [-0.1, -0.05) is 31.4 Å². The minimum Gasteiger partial charge on any atom is -0.468 e. The average Bonchev–Trinajstić information content (AvgIpc) is 3.69. The summed E-state index contributed by atoms with van der Waals surface area (Å²) < 4.78 is 7.77. The minimum absolute atomic E-state index is 0.124. The number of furan rings is 1. The lowest BCUT2D eigenvalue weighted by atomic mass is 9.94. The fourth-order valence-electron chi connectivity index (χ4n) is 5.80. The minimum atomic E-state index is -0.465. The van der Waals surface area contributed by atoms with Gasteiger partial charge >= 0.3 is 0 Å². The molecule has 1 saturated carbocycles. The summed E-state index contributed by atoms with van der Waals surface area (Å²) in [5.74, 6) is 1.53. The summed E-state index contributed by atoms with van der Waals surface area (Å²) >= 11 is 1.70. The molecular weight excluding hydrogens is 496 g/mol. The normalized spacial score (nSPS) is 15.4. The zero-order valence-electron chi connectivity index (χ0n) is 21.8. The van der Waals surface area contributed by atoms with Gasteiger partial charge in [0.15, 0.2) is 5.82 Å². The van der Waals surface area contributed by atoms with Crippen molar-refractivity contribution in [2.75, 3.05) is 0 Å². The summed E-state index contributed by atoms with van der Waals surface area (Å²) in [6.07, 6.45) is 7.34. The van der Waals surface area contributed by atoms with Gasteiger partial charge in [0.25, 0.3) is 5.56 Å². The number of nitrogens with one attached hydrogen (secondary N) is 1. The van der Waals surface area contributed by atoms with Crippen molar-refractivity contribution in [1.82, 2.24) is 30.1 Å². The Morgan fingerprint density at radius 1 is 1.13 bits per heavy atom. The average molecular weight is 529 g/mol. The molecular formula is C29H32N6O2S. The number of thiophene rings is 1. The van der Waals surface area contributed by atoms with Gasteiger partial charge in [-0.25, -0.2) is 4.68 Å². The molecule has 1 aliphatic carbocycles. The fraction of sp³-hybridized carbons (Fsp3) is 0.379. The van der Waals surface area contributed by atoms with Crippen molar-refractivity contribution in [2.45, 2.75) is 71.1 Å². The van der Waals surface area contributed by atoms with Crippen molar-refractivity contribution in [3.05, 3.63) is 97.6 Å². The molecule has 1 atom stereocenters. The number of hydrogen-bond donors (Lipinski definition) is 1. The zero-order valence-corrected chi connectivity index (χ0v) is 22.6. The first-order valence-corrected chi connectivity index (χ1v) is 14.2. The zero-order chi connectivity index (χ0) is 26.1. The Morgan fingerprint density at radius 2 is 2.00 bits per heavy atom. The Balaban J connectivity index is 1.54. The molecule has 1 aliphatic rings. The number of rotatable bonds is 8. The highest BCUT2D eigenvalue weighted by Crippen LogP contribution is 2.35. The van der Waals surface area contributed by atoms with E-state index in [-0.39, 0.29) is 11.6 Å². The highest BCUT2D eigenvalue weighted by Gasteiger charge is 2.33. The predicted molar refractivity (Wildman–Crippen MR) is 148 cm³/mol. The van der Waals surface area contributed by atoms with Gasteiger partial charge in [0.2, 0.25) is 0 Å². The molecule has 0 spiro atoms. The topological polar surface area (TPSA) is 92.8 Å². The molecule has 0 amide bonds. The summed E-state index contributed by atoms with van der Waals surface area (Å²) in [5, 5.41) is 16.3. The van der Waals surface area contributed by atoms with E-state index >= 15 is 0 Å². The number of fused-ring (bicyclic) bond motifs is 1. The molecule has 0 unspecified atom stereocenters. The Bertz CT molecular complexity index is 1530. The number of benzene rings is 1. The summed E-state index contributed by atoms with van der Waals surface area (Å²) in [6.45, 7) is 5.28. The lowest BCUT2D eigenvalue weighted by Gasteiger charge is -2.32. The van der Waals surface area contributed by atoms with Crippen LogP contribution in [0.15, 0.2) is 63.3 Å². The fourth-order valence-corrected chi connectivity index (χ4v) is 6.53. The molecule has 9 heteroatoms. The molecule has 1 fully saturated rings. The maximum Gasteiger partial charge on any atom is 0.253 e. The Kier molecular flexibility index (Phi) is 6.95. The van der Waals surface area contributed by atoms with Crippen molar-refractivity contribution in [2.24, 2.45) is 0 Å². The Labute approximate surface area is 225 Å². The van der Waals surface area contributed by atoms with E-state index in [1.165, 1.54) is 11.3 Å². The van der Waals surface area contributed by atoms with Crippen LogP contribution in [0.4, 0.5) is 0 Å². The first kappa shape index (κ1) is 24.8. The van der Waals surface area contributed by atoms with Crippen LogP contribution in [0.25, 0.3) is 10.9 Å². The molecule has 1 aromatic carbocycles. The molecule has 8 nitrogen and oxygen atoms in total. The largest absolute Gasteiger partial charge is 0.468 e. The number of aromatic amines is 1. The molecule has 196 valence electrons. The highest BCUT2D eigenvalue weighted by molar-refractivity contribution is 7.09. The number of pyridine rings is 1. The van der Waals surface area contributed by atoms with Crippen molar-refractivity contribution >= 4 is 22.2 Å². The summed E-state index contributed by atoms with van der Waals surface area (Å²) in [6, 6.07) is 14.0. The van der Waals surface area contributed by atoms with Crippen molar-refractivity contribution in [3.63, 3.8) is 0 Å². The Hall–Kier alpha value is -3.56. The number of aryl methyl sites for hydroxylation is 2. The van der Waals surface area contributed by atoms with E-state index in [0.29, 0.717) is 24.5 Å². The van der Waals surface area contributed by atoms with Gasteiger partial charge in [-0.3, -0.25) is 9.69 Å². The van der Waals surface area contributed by atoms with Gasteiger partial charge in [0.1, 0.15) is 11.8 Å². The molecule has 0 aliphatic heterocycles. The van der Waals surface area contributed by atoms with Crippen LogP contribution >= 0.6 is 11.3 Å². The smallest absolute Gasteiger partial charge is 0.253 e. The third-order valence-corrected chi connectivity index (χ3v) is 8.42. The number of H-pyrrole nitrogens is 1. The predicted octanol–water partition coefficient (Wildman–Crippen LogP) is 6.08. The third-order valence-electron chi connectivity index (χ3n) is 7.56. The maximum absolute atomic E-state index is 13.8. The van der Waals surface area contributed by atoms with Gasteiger partial charge in [0, 0.05) is 27.9 Å². The van der Waals surface area contributed by atoms with Crippen LogP contribution in [0.1, 0.15) is 77.3 Å². The van der Waals surface area contributed by atoms with E-state index in [2.05, 4.69) is 55.9 Å². The van der Waals surface area contributed by atoms with Gasteiger partial charge in [-0.2, -0.15) is 0 Å². The number of nitrogens with zero attached hydrogens (tertiary/aromatic N) is 5. The Morgan fingerprint density at radius 3 is 2.76 bits per heavy atom. The van der Waals surface area contributed by atoms with Crippen molar-refractivity contribution < 1.29 is 4.42 Å². The van der Waals surface area contributed by atoms with Crippen LogP contribution in [0.5, 0.6) is 0 Å². The molecule has 0 radical (unpaired) electrons. The highest BCUT2D eigenvalue weighted by atomic mass is 32.1. The number of hydrogen-bond acceptors (Lipinski definition) is 7. The summed E-state index contributed by atoms with van der Waals surface area (Å²) in [5.41, 5.74) is 3.60. The van der Waals surface area contributed by atoms with Crippen LogP contribution in [0.2, 0.25) is 0 Å². The second kappa shape index (κ2) is 10.7. The SMILES string of the molecule is Cc1cc(C)c2cc([C@H](c3nnnn3C3CCCCC3)N(Cc3ccco3)Cc3cccs3)c(=O)[nH]c2c1. The van der Waals surface area contributed by atoms with E-state index < -0.39 is 6.04 Å². The van der Waals surface area contributed by atoms with Gasteiger partial charge in [-0.15, -0.1) is 16.4 Å². The summed E-state index contributed by atoms with van der Waals surface area (Å²) in [4.78, 5) is 20.4. The lowest BCUT2D eigenvalue weighted by Crippen LogP contribution is -2.35. The molecule has 38 heavy (non-hydrogen) atoms. The van der Waals surface area contributed by atoms with Gasteiger partial charge < -0.3 is 9.40 Å². The lowest BCUT2D eigenvalue weighted by molar-refractivity contribution is 0.175. The monoisotopic (exact) mass is 528 g/mol. The standard InChI is InChI=1S/C29H32N6O2S/c1-19-14-20(2)24-16-25(29(36)30-26(24)15-19)27(28-31-32-33-35(28)21-8-4-3-5-9-21)34(17-22-10-6-12-37-22)18-23-11-7-13-38-23/h6-7,10-16,21,27H,3-5,8-9,17-18H2,1-2H3,(H,30,36)/t27-/m1/s1. The molecule has 1 N–H and O–H groups in total. The first-order chi connectivity index (χ1) is 18.6. The third kappa shape index (κ3) is 4.96. The molecule has 0 saturated heterocycles. The second-order valence-corrected chi connectivity index (χ2v) is 11.4. The maximum atomic E-state index is 13.8. The van der Waals surface area contributed by atoms with Crippen LogP contribution in [-0.4, -0.2) is 30.1 Å². The van der Waals surface area contributed by atoms with Crippen LogP contribution in [0, 0.1) is 13.8 Å². The van der Waals surface area contributed by atoms with Crippen molar-refractivity contribution in [3.8, 4) is 0 Å².